The van der Waals surface area contributed by atoms with Crippen molar-refractivity contribution in [3.8, 4) is 0 Å². The van der Waals surface area contributed by atoms with Gasteiger partial charge in [0, 0.05) is 6.61 Å². The van der Waals surface area contributed by atoms with Crippen LogP contribution in [0.3, 0.4) is 0 Å². The standard InChI is InChI=1S/C27H48O2/c1-18(17-28)6-5-7-19(2)23-10-11-24-22-9-8-20-16-21(29)12-14-26(20,3)25(22)13-15-27(23,24)4/h18-25,28-29H,5-17H2,1-4H3/t18-,19+,20+,21-,22-,23+,24-,25-,26-,27+/m0/s1. The quantitative estimate of drug-likeness (QED) is 0.534. The molecule has 0 radical (unpaired) electrons. The van der Waals surface area contributed by atoms with E-state index in [-0.39, 0.29) is 6.10 Å². The minimum absolute atomic E-state index is 0.0243. The molecular formula is C27H48O2. The van der Waals surface area contributed by atoms with E-state index in [1.807, 2.05) is 0 Å². The second-order valence-corrected chi connectivity index (χ2v) is 12.5. The lowest BCUT2D eigenvalue weighted by molar-refractivity contribution is -0.129. The van der Waals surface area contributed by atoms with Gasteiger partial charge in [-0.25, -0.2) is 0 Å². The Morgan fingerprint density at radius 2 is 1.59 bits per heavy atom. The highest BCUT2D eigenvalue weighted by Crippen LogP contribution is 2.68. The molecule has 4 saturated carbocycles. The third-order valence-electron chi connectivity index (χ3n) is 11.1. The molecule has 4 rings (SSSR count). The number of fused-ring (bicyclic) bond motifs is 5. The molecule has 10 atom stereocenters. The van der Waals surface area contributed by atoms with E-state index in [1.165, 1.54) is 64.2 Å². The van der Waals surface area contributed by atoms with Gasteiger partial charge in [-0.1, -0.05) is 40.5 Å². The Morgan fingerprint density at radius 1 is 0.862 bits per heavy atom. The van der Waals surface area contributed by atoms with E-state index >= 15 is 0 Å². The molecule has 0 aromatic carbocycles. The number of rotatable bonds is 6. The lowest BCUT2D eigenvalue weighted by Crippen LogP contribution is -2.54. The van der Waals surface area contributed by atoms with Crippen molar-refractivity contribution in [1.29, 1.82) is 0 Å². The monoisotopic (exact) mass is 404 g/mol. The normalized spacial score (nSPS) is 49.0. The van der Waals surface area contributed by atoms with Crippen molar-refractivity contribution >= 4 is 0 Å². The molecule has 4 aliphatic carbocycles. The minimum Gasteiger partial charge on any atom is -0.396 e. The van der Waals surface area contributed by atoms with Crippen LogP contribution in [0.4, 0.5) is 0 Å². The summed E-state index contributed by atoms with van der Waals surface area (Å²) in [6.07, 6.45) is 15.8. The van der Waals surface area contributed by atoms with Crippen molar-refractivity contribution in [3.63, 3.8) is 0 Å². The van der Waals surface area contributed by atoms with E-state index in [9.17, 15) is 10.2 Å². The third kappa shape index (κ3) is 3.84. The molecule has 0 spiro atoms. The SMILES string of the molecule is C[C@H](CO)CCC[C@@H](C)[C@H]1CC[C@H]2[C@@H]3CC[C@@H]4C[C@@H](O)CC[C@]4(C)[C@H]3CC[C@]12C. The highest BCUT2D eigenvalue weighted by molar-refractivity contribution is 5.09. The lowest BCUT2D eigenvalue weighted by atomic mass is 9.44. The molecular weight excluding hydrogens is 356 g/mol. The maximum absolute atomic E-state index is 10.3. The number of aliphatic hydroxyl groups is 2. The Labute approximate surface area is 180 Å². The summed E-state index contributed by atoms with van der Waals surface area (Å²) in [5, 5.41) is 19.6. The minimum atomic E-state index is -0.0243. The van der Waals surface area contributed by atoms with Gasteiger partial charge in [0.15, 0.2) is 0 Å². The second-order valence-electron chi connectivity index (χ2n) is 12.5. The van der Waals surface area contributed by atoms with E-state index < -0.39 is 0 Å². The molecule has 0 unspecified atom stereocenters. The summed E-state index contributed by atoms with van der Waals surface area (Å²) in [6, 6.07) is 0. The maximum atomic E-state index is 10.3. The molecule has 4 fully saturated rings. The molecule has 4 aliphatic rings. The molecule has 0 saturated heterocycles. The first-order chi connectivity index (χ1) is 13.8. The van der Waals surface area contributed by atoms with E-state index in [1.54, 1.807) is 0 Å². The van der Waals surface area contributed by atoms with Crippen LogP contribution in [0.15, 0.2) is 0 Å². The molecule has 0 heterocycles. The average molecular weight is 405 g/mol. The van der Waals surface area contributed by atoms with Crippen molar-refractivity contribution in [1.82, 2.24) is 0 Å². The Bertz CT molecular complexity index is 561. The molecule has 0 aromatic heterocycles. The molecule has 0 amide bonds. The predicted molar refractivity (Wildman–Crippen MR) is 120 cm³/mol. The molecule has 168 valence electrons. The van der Waals surface area contributed by atoms with E-state index in [0.717, 1.165) is 48.3 Å². The van der Waals surface area contributed by atoms with Gasteiger partial charge in [0.05, 0.1) is 6.10 Å². The van der Waals surface area contributed by atoms with Gasteiger partial charge in [-0.15, -0.1) is 0 Å². The molecule has 2 nitrogen and oxygen atoms in total. The molecule has 29 heavy (non-hydrogen) atoms. The maximum Gasteiger partial charge on any atom is 0.0543 e. The fraction of sp³-hybridized carbons (Fsp3) is 1.00. The van der Waals surface area contributed by atoms with Crippen molar-refractivity contribution in [3.05, 3.63) is 0 Å². The van der Waals surface area contributed by atoms with Crippen LogP contribution >= 0.6 is 0 Å². The van der Waals surface area contributed by atoms with Crippen LogP contribution in [0.2, 0.25) is 0 Å². The topological polar surface area (TPSA) is 40.5 Å². The molecule has 0 aromatic rings. The van der Waals surface area contributed by atoms with Crippen LogP contribution in [0.1, 0.15) is 105 Å². The van der Waals surface area contributed by atoms with Crippen LogP contribution in [-0.4, -0.2) is 22.9 Å². The Morgan fingerprint density at radius 3 is 2.34 bits per heavy atom. The van der Waals surface area contributed by atoms with Crippen LogP contribution in [0, 0.1) is 52.3 Å². The first-order valence-corrected chi connectivity index (χ1v) is 13.1. The fourth-order valence-corrected chi connectivity index (χ4v) is 9.29. The van der Waals surface area contributed by atoms with E-state index in [0.29, 0.717) is 23.4 Å². The third-order valence-corrected chi connectivity index (χ3v) is 11.1. The van der Waals surface area contributed by atoms with Crippen molar-refractivity contribution in [2.24, 2.45) is 52.3 Å². The summed E-state index contributed by atoms with van der Waals surface area (Å²) in [5.74, 6) is 5.83. The van der Waals surface area contributed by atoms with E-state index in [2.05, 4.69) is 27.7 Å². The van der Waals surface area contributed by atoms with Gasteiger partial charge in [-0.3, -0.25) is 0 Å². The average Bonchev–Trinajstić information content (AvgIpc) is 3.05. The van der Waals surface area contributed by atoms with Gasteiger partial charge in [0.1, 0.15) is 0 Å². The summed E-state index contributed by atoms with van der Waals surface area (Å²) < 4.78 is 0. The highest BCUT2D eigenvalue weighted by Gasteiger charge is 2.60. The zero-order valence-electron chi connectivity index (χ0n) is 19.7. The summed E-state index contributed by atoms with van der Waals surface area (Å²) in [7, 11) is 0. The Hall–Kier alpha value is -0.0800. The predicted octanol–water partition coefficient (Wildman–Crippen LogP) is 6.44. The smallest absolute Gasteiger partial charge is 0.0543 e. The first-order valence-electron chi connectivity index (χ1n) is 13.1. The van der Waals surface area contributed by atoms with E-state index in [4.69, 9.17) is 0 Å². The second kappa shape index (κ2) is 8.45. The van der Waals surface area contributed by atoms with Crippen LogP contribution in [0.5, 0.6) is 0 Å². The zero-order chi connectivity index (χ0) is 20.8. The molecule has 0 aliphatic heterocycles. The summed E-state index contributed by atoms with van der Waals surface area (Å²) in [5.41, 5.74) is 1.08. The lowest BCUT2D eigenvalue weighted by Gasteiger charge is -2.61. The summed E-state index contributed by atoms with van der Waals surface area (Å²) in [6.45, 7) is 10.4. The van der Waals surface area contributed by atoms with Gasteiger partial charge in [-0.05, 0) is 116 Å². The summed E-state index contributed by atoms with van der Waals surface area (Å²) in [4.78, 5) is 0. The van der Waals surface area contributed by atoms with Crippen LogP contribution < -0.4 is 0 Å². The van der Waals surface area contributed by atoms with Gasteiger partial charge < -0.3 is 10.2 Å². The van der Waals surface area contributed by atoms with Crippen LogP contribution in [-0.2, 0) is 0 Å². The van der Waals surface area contributed by atoms with Crippen molar-refractivity contribution < 1.29 is 10.2 Å². The van der Waals surface area contributed by atoms with Gasteiger partial charge in [-0.2, -0.15) is 0 Å². The Balaban J connectivity index is 1.43. The molecule has 2 heteroatoms. The van der Waals surface area contributed by atoms with Crippen molar-refractivity contribution in [2.45, 2.75) is 111 Å². The number of aliphatic hydroxyl groups excluding tert-OH is 2. The highest BCUT2D eigenvalue weighted by atomic mass is 16.3. The fourth-order valence-electron chi connectivity index (χ4n) is 9.29. The van der Waals surface area contributed by atoms with Gasteiger partial charge >= 0.3 is 0 Å². The number of hydrogen-bond donors (Lipinski definition) is 2. The van der Waals surface area contributed by atoms with Gasteiger partial charge in [0.25, 0.3) is 0 Å². The largest absolute Gasteiger partial charge is 0.396 e. The molecule has 0 bridgehead atoms. The Kier molecular flexibility index (Phi) is 6.45. The first kappa shape index (κ1) is 22.1. The molecule has 2 N–H and O–H groups in total. The zero-order valence-corrected chi connectivity index (χ0v) is 19.7. The number of hydrogen-bond acceptors (Lipinski definition) is 2. The summed E-state index contributed by atoms with van der Waals surface area (Å²) >= 11 is 0. The van der Waals surface area contributed by atoms with Crippen LogP contribution in [0.25, 0.3) is 0 Å². The van der Waals surface area contributed by atoms with Gasteiger partial charge in [0.2, 0.25) is 0 Å². The van der Waals surface area contributed by atoms with Crippen molar-refractivity contribution in [2.75, 3.05) is 6.61 Å².